The number of carbonyl (C=O) groups is 6. The van der Waals surface area contributed by atoms with Crippen LogP contribution in [0.5, 0.6) is 0 Å². The number of amides is 6. The van der Waals surface area contributed by atoms with E-state index in [9.17, 15) is 28.8 Å². The van der Waals surface area contributed by atoms with Gasteiger partial charge in [0.25, 0.3) is 0 Å². The Morgan fingerprint density at radius 2 is 1.50 bits per heavy atom. The Kier molecular flexibility index (Phi) is 17.3. The molecule has 0 aromatic heterocycles. The summed E-state index contributed by atoms with van der Waals surface area (Å²) >= 11 is 0. The number of hydrazine groups is 1. The summed E-state index contributed by atoms with van der Waals surface area (Å²) in [6.45, 7) is 5.93. The van der Waals surface area contributed by atoms with Gasteiger partial charge in [0.05, 0.1) is 6.04 Å². The van der Waals surface area contributed by atoms with Crippen LogP contribution in [0.1, 0.15) is 94.2 Å². The van der Waals surface area contributed by atoms with Crippen LogP contribution in [0.3, 0.4) is 0 Å². The van der Waals surface area contributed by atoms with Crippen LogP contribution >= 0.6 is 0 Å². The first-order valence-electron chi connectivity index (χ1n) is 21.0. The number of fused-ring (bicyclic) bond motifs is 3. The molecule has 3 aromatic carbocycles. The van der Waals surface area contributed by atoms with Gasteiger partial charge in [-0.15, -0.1) is 0 Å². The lowest BCUT2D eigenvalue weighted by Gasteiger charge is -2.26. The Bertz CT molecular complexity index is 1890. The number of primary amides is 1. The molecule has 0 unspecified atom stereocenters. The van der Waals surface area contributed by atoms with Gasteiger partial charge in [0.1, 0.15) is 13.2 Å². The Balaban J connectivity index is 1.03. The van der Waals surface area contributed by atoms with Crippen LogP contribution in [0.4, 0.5) is 20.1 Å². The van der Waals surface area contributed by atoms with Crippen molar-refractivity contribution in [2.45, 2.75) is 90.2 Å². The van der Waals surface area contributed by atoms with Gasteiger partial charge in [0.15, 0.2) is 5.78 Å². The van der Waals surface area contributed by atoms with Crippen LogP contribution < -0.4 is 32.4 Å². The van der Waals surface area contributed by atoms with Crippen LogP contribution in [0.2, 0.25) is 0 Å². The third kappa shape index (κ3) is 13.5. The second kappa shape index (κ2) is 23.0. The number of anilines is 1. The number of carbonyl (C=O) groups excluding carboxylic acids is 6. The minimum absolute atomic E-state index is 0.0193. The number of rotatable bonds is 21. The van der Waals surface area contributed by atoms with Gasteiger partial charge in [-0.05, 0) is 84.4 Å². The van der Waals surface area contributed by atoms with Gasteiger partial charge in [0.2, 0.25) is 11.8 Å². The number of Topliss-reactive ketones (excluding diaryl/α,β-unsaturated/α-hetero) is 1. The van der Waals surface area contributed by atoms with Gasteiger partial charge in [-0.3, -0.25) is 14.4 Å². The normalized spacial score (nSPS) is 14.3. The summed E-state index contributed by atoms with van der Waals surface area (Å²) in [6, 6.07) is 21.7. The molecule has 2 aliphatic rings. The fourth-order valence-corrected chi connectivity index (χ4v) is 7.54. The summed E-state index contributed by atoms with van der Waals surface area (Å²) in [4.78, 5) is 76.3. The molecule has 15 nitrogen and oxygen atoms in total. The second-order valence-electron chi connectivity index (χ2n) is 15.7. The van der Waals surface area contributed by atoms with E-state index in [4.69, 9.17) is 15.2 Å². The third-order valence-corrected chi connectivity index (χ3v) is 10.8. The molecular weight excluding hydrogens is 767 g/mol. The highest BCUT2D eigenvalue weighted by molar-refractivity contribution is 5.97. The number of alkyl carbamates (subject to hydrolysis) is 1. The lowest BCUT2D eigenvalue weighted by molar-refractivity contribution is -0.131. The monoisotopic (exact) mass is 825 g/mol. The molecule has 322 valence electrons. The molecule has 1 aliphatic carbocycles. The lowest BCUT2D eigenvalue weighted by atomic mass is 9.89. The van der Waals surface area contributed by atoms with Crippen LogP contribution in [0, 0.1) is 11.8 Å². The Hall–Kier alpha value is -5.96. The van der Waals surface area contributed by atoms with Crippen LogP contribution in [0.25, 0.3) is 11.1 Å². The summed E-state index contributed by atoms with van der Waals surface area (Å²) in [6.07, 6.45) is 3.65. The number of unbranched alkanes of at least 4 members (excludes halogenated alkanes) is 2. The van der Waals surface area contributed by atoms with Crippen molar-refractivity contribution in [2.75, 3.05) is 38.1 Å². The lowest BCUT2D eigenvalue weighted by Crippen LogP contribution is -2.47. The zero-order valence-corrected chi connectivity index (χ0v) is 34.6. The predicted octanol–water partition coefficient (Wildman–Crippen LogP) is 6.13. The van der Waals surface area contributed by atoms with E-state index < -0.39 is 30.2 Å². The minimum atomic E-state index is -0.797. The van der Waals surface area contributed by atoms with E-state index in [0.29, 0.717) is 50.9 Å². The maximum atomic E-state index is 13.7. The predicted molar refractivity (Wildman–Crippen MR) is 227 cm³/mol. The van der Waals surface area contributed by atoms with E-state index in [0.717, 1.165) is 47.2 Å². The quantitative estimate of drug-likeness (QED) is 0.0682. The number of nitrogens with zero attached hydrogens (tertiary/aromatic N) is 1. The van der Waals surface area contributed by atoms with E-state index in [1.165, 1.54) is 5.01 Å². The van der Waals surface area contributed by atoms with Crippen molar-refractivity contribution in [1.29, 1.82) is 0 Å². The molecule has 2 atom stereocenters. The molecule has 0 spiro atoms. The summed E-state index contributed by atoms with van der Waals surface area (Å²) in [7, 11) is 0. The van der Waals surface area contributed by atoms with Crippen LogP contribution in [-0.4, -0.2) is 79.7 Å². The molecule has 0 bridgehead atoms. The first-order valence-corrected chi connectivity index (χ1v) is 21.0. The summed E-state index contributed by atoms with van der Waals surface area (Å²) < 4.78 is 11.0. The van der Waals surface area contributed by atoms with Crippen molar-refractivity contribution in [2.24, 2.45) is 17.6 Å². The molecule has 1 heterocycles. The number of nitrogens with two attached hydrogens (primary N) is 1. The molecule has 1 saturated heterocycles. The van der Waals surface area contributed by atoms with Gasteiger partial charge >= 0.3 is 18.2 Å². The number of ketones is 1. The smallest absolute Gasteiger partial charge is 0.424 e. The molecule has 3 aromatic rings. The van der Waals surface area contributed by atoms with Crippen molar-refractivity contribution >= 4 is 41.5 Å². The number of urea groups is 1. The standard InChI is InChI=1S/C45H59N7O8/c1-30(2)41(51-40(54)18-4-3-9-23-48-44(57)59-29-38-36-16-7-5-14-34(36)35-15-6-8-17-37(35)38)39(53)27-32(13-12-24-47-43(46)56)42(55)50-33-21-19-31(20-22-33)28-60-45(58)52-26-11-10-25-49-52/h5-8,14-17,19-22,30,32,38,41,49H,3-4,9-13,18,23-29H2,1-2H3,(H,48,57)(H,50,55)(H,51,54)(H3,46,47,56)/t32-,41+/m1/s1. The van der Waals surface area contributed by atoms with Gasteiger partial charge < -0.3 is 36.5 Å². The van der Waals surface area contributed by atoms with Crippen molar-refractivity contribution in [3.8, 4) is 11.1 Å². The van der Waals surface area contributed by atoms with E-state index >= 15 is 0 Å². The molecule has 6 amide bonds. The number of ether oxygens (including phenoxy) is 2. The Morgan fingerprint density at radius 1 is 0.817 bits per heavy atom. The molecule has 7 N–H and O–H groups in total. The molecule has 1 fully saturated rings. The van der Waals surface area contributed by atoms with Crippen LogP contribution in [-0.2, 0) is 30.5 Å². The van der Waals surface area contributed by atoms with Crippen molar-refractivity contribution in [3.63, 3.8) is 0 Å². The molecule has 15 heteroatoms. The topological polar surface area (TPSA) is 210 Å². The maximum absolute atomic E-state index is 13.7. The van der Waals surface area contributed by atoms with E-state index in [2.05, 4.69) is 51.0 Å². The summed E-state index contributed by atoms with van der Waals surface area (Å²) in [5, 5.41) is 12.5. The van der Waals surface area contributed by atoms with Crippen molar-refractivity contribution in [3.05, 3.63) is 89.5 Å². The van der Waals surface area contributed by atoms with Crippen molar-refractivity contribution < 1.29 is 38.2 Å². The fraction of sp³-hybridized carbons (Fsp3) is 0.467. The number of hydrogen-bond donors (Lipinski definition) is 6. The van der Waals surface area contributed by atoms with Crippen LogP contribution in [0.15, 0.2) is 72.8 Å². The average Bonchev–Trinajstić information content (AvgIpc) is 3.57. The van der Waals surface area contributed by atoms with Gasteiger partial charge in [-0.2, -0.15) is 0 Å². The molecule has 1 aliphatic heterocycles. The maximum Gasteiger partial charge on any atom is 0.424 e. The van der Waals surface area contributed by atoms with Gasteiger partial charge in [-0.1, -0.05) is 80.9 Å². The zero-order chi connectivity index (χ0) is 42.9. The van der Waals surface area contributed by atoms with Gasteiger partial charge in [-0.25, -0.2) is 24.8 Å². The second-order valence-corrected chi connectivity index (χ2v) is 15.7. The molecule has 60 heavy (non-hydrogen) atoms. The zero-order valence-electron chi connectivity index (χ0n) is 34.6. The molecule has 0 saturated carbocycles. The highest BCUT2D eigenvalue weighted by atomic mass is 16.6. The third-order valence-electron chi connectivity index (χ3n) is 10.8. The highest BCUT2D eigenvalue weighted by Gasteiger charge is 2.31. The molecular formula is C45H59N7O8. The van der Waals surface area contributed by atoms with E-state index in [1.807, 2.05) is 38.1 Å². The van der Waals surface area contributed by atoms with E-state index in [-0.39, 0.29) is 62.0 Å². The van der Waals surface area contributed by atoms with Gasteiger partial charge in [0, 0.05) is 56.5 Å². The number of nitrogens with one attached hydrogen (secondary N) is 5. The molecule has 0 radical (unpaired) electrons. The average molecular weight is 826 g/mol. The molecule has 5 rings (SSSR count). The summed E-state index contributed by atoms with van der Waals surface area (Å²) in [5.74, 6) is -1.90. The largest absolute Gasteiger partial charge is 0.449 e. The highest BCUT2D eigenvalue weighted by Crippen LogP contribution is 2.44. The van der Waals surface area contributed by atoms with E-state index in [1.54, 1.807) is 24.3 Å². The summed E-state index contributed by atoms with van der Waals surface area (Å²) in [5.41, 5.74) is 14.1. The Labute approximate surface area is 351 Å². The number of benzene rings is 3. The fourth-order valence-electron chi connectivity index (χ4n) is 7.54. The first-order chi connectivity index (χ1) is 29.0. The first kappa shape index (κ1) is 45.1. The Morgan fingerprint density at radius 3 is 2.15 bits per heavy atom. The minimum Gasteiger partial charge on any atom is -0.449 e. The SMILES string of the molecule is CC(C)[C@H](NC(=O)CCCCCNC(=O)OCC1c2ccccc2-c2ccccc21)C(=O)C[C@@H](CCCNC(N)=O)C(=O)Nc1ccc(COC(=O)N2CCCCN2)cc1. The van der Waals surface area contributed by atoms with Crippen molar-refractivity contribution in [1.82, 2.24) is 26.4 Å². The number of hydrogen-bond acceptors (Lipinski definition) is 9.